The smallest absolute Gasteiger partial charge is 0.305 e. The number of ether oxygens (including phenoxy) is 1. The summed E-state index contributed by atoms with van der Waals surface area (Å²) in [5.41, 5.74) is 8.03. The van der Waals surface area contributed by atoms with Gasteiger partial charge in [-0.3, -0.25) is 19.4 Å². The number of hydrogen-bond acceptors (Lipinski definition) is 10. The molecule has 0 saturated heterocycles. The lowest BCUT2D eigenvalue weighted by Gasteiger charge is -2.23. The number of pyridine rings is 1. The van der Waals surface area contributed by atoms with E-state index < -0.39 is 0 Å². The predicted molar refractivity (Wildman–Crippen MR) is 173 cm³/mol. The van der Waals surface area contributed by atoms with Crippen LogP contribution in [0.2, 0.25) is 0 Å². The molecule has 4 rings (SSSR count). The van der Waals surface area contributed by atoms with Crippen molar-refractivity contribution < 1.29 is 14.3 Å². The van der Waals surface area contributed by atoms with E-state index in [0.29, 0.717) is 48.3 Å². The van der Waals surface area contributed by atoms with Crippen LogP contribution in [0.3, 0.4) is 0 Å². The van der Waals surface area contributed by atoms with Gasteiger partial charge in [-0.15, -0.1) is 6.42 Å². The second-order valence-electron chi connectivity index (χ2n) is 9.62. The molecule has 0 saturated carbocycles. The number of fused-ring (bicyclic) bond motifs is 1. The van der Waals surface area contributed by atoms with E-state index in [1.807, 2.05) is 48.2 Å². The van der Waals surface area contributed by atoms with Gasteiger partial charge in [-0.05, 0) is 78.2 Å². The molecule has 0 aliphatic rings. The molecule has 2 aromatic heterocycles. The number of aromatic nitrogens is 3. The number of nitrogens with two attached hydrogens (primary N) is 1. The summed E-state index contributed by atoms with van der Waals surface area (Å²) in [5.74, 6) is 2.86. The molecule has 2 heterocycles. The molecule has 222 valence electrons. The number of nitrogens with one attached hydrogen (secondary N) is 2. The number of carbonyl (C=O) groups excluding carboxylic acids is 2. The molecule has 2 aromatic carbocycles. The van der Waals surface area contributed by atoms with E-state index in [0.717, 1.165) is 16.3 Å². The third kappa shape index (κ3) is 9.52. The molecule has 0 bridgehead atoms. The summed E-state index contributed by atoms with van der Waals surface area (Å²) in [6.07, 6.45) is 8.04. The first-order valence-electron chi connectivity index (χ1n) is 13.6. The van der Waals surface area contributed by atoms with Crippen LogP contribution in [0.25, 0.3) is 10.9 Å². The highest BCUT2D eigenvalue weighted by Crippen LogP contribution is 2.28. The molecule has 43 heavy (non-hydrogen) atoms. The van der Waals surface area contributed by atoms with Gasteiger partial charge in [0.25, 0.3) is 11.5 Å². The zero-order valence-corrected chi connectivity index (χ0v) is 25.2. The van der Waals surface area contributed by atoms with Crippen LogP contribution in [-0.4, -0.2) is 51.8 Å². The Labute approximate surface area is 257 Å². The summed E-state index contributed by atoms with van der Waals surface area (Å²) >= 11 is 0. The summed E-state index contributed by atoms with van der Waals surface area (Å²) < 4.78 is 5.30. The van der Waals surface area contributed by atoms with E-state index >= 15 is 0 Å². The molecule has 0 fully saturated rings. The van der Waals surface area contributed by atoms with Crippen LogP contribution in [0.4, 0.5) is 11.6 Å². The Kier molecular flexibility index (Phi) is 11.5. The van der Waals surface area contributed by atoms with Crippen LogP contribution in [0.15, 0.2) is 76.7 Å². The van der Waals surface area contributed by atoms with Gasteiger partial charge in [-0.25, -0.2) is 9.97 Å². The molecule has 0 aliphatic carbocycles. The maximum Gasteiger partial charge on any atom is 0.305 e. The Hall–Kier alpha value is -4.47. The average Bonchev–Trinajstić information content (AvgIpc) is 3.00. The molecule has 0 radical (unpaired) electrons. The van der Waals surface area contributed by atoms with Crippen molar-refractivity contribution in [3.05, 3.63) is 88.3 Å². The van der Waals surface area contributed by atoms with Gasteiger partial charge in [0, 0.05) is 42.2 Å². The zero-order chi connectivity index (χ0) is 30.6. The SMILES string of the molecule is C#CCN(Cc1ccc2nc(N)[nH]c(=O)c2c1)c1ccc(C(=O)N[C@H](C)CCC(=O)OCCSSc2ccccn2)cc1. The van der Waals surface area contributed by atoms with Gasteiger partial charge < -0.3 is 20.7 Å². The molecule has 1 atom stereocenters. The highest BCUT2D eigenvalue weighted by atomic mass is 33.1. The average molecular weight is 617 g/mol. The Morgan fingerprint density at radius 2 is 2.00 bits per heavy atom. The van der Waals surface area contributed by atoms with Crippen LogP contribution >= 0.6 is 21.6 Å². The first-order chi connectivity index (χ1) is 20.8. The van der Waals surface area contributed by atoms with E-state index in [1.165, 1.54) is 10.8 Å². The van der Waals surface area contributed by atoms with Crippen molar-refractivity contribution in [2.24, 2.45) is 0 Å². The van der Waals surface area contributed by atoms with Crippen LogP contribution in [0.1, 0.15) is 35.7 Å². The third-order valence-electron chi connectivity index (χ3n) is 6.31. The van der Waals surface area contributed by atoms with Crippen LogP contribution in [0, 0.1) is 12.3 Å². The standard InChI is InChI=1S/C31H32N6O4S2/c1-3-16-37(20-22-8-13-26-25(19-22)30(40)36-31(32)35-26)24-11-9-23(10-12-24)29(39)34-21(2)7-14-28(38)41-17-18-42-43-27-6-4-5-15-33-27/h1,4-6,8-13,15,19,21H,7,14,16-18,20H2,2H3,(H,34,39)(H3,32,35,36,40)/t21-/m1/s1. The Morgan fingerprint density at radius 1 is 1.19 bits per heavy atom. The third-order valence-corrected chi connectivity index (χ3v) is 8.54. The van der Waals surface area contributed by atoms with Crippen LogP contribution < -0.4 is 21.5 Å². The number of aromatic amines is 1. The minimum absolute atomic E-state index is 0.0674. The van der Waals surface area contributed by atoms with Gasteiger partial charge in [-0.1, -0.05) is 28.8 Å². The number of amides is 1. The van der Waals surface area contributed by atoms with Crippen LogP contribution in [-0.2, 0) is 16.1 Å². The largest absolute Gasteiger partial charge is 0.465 e. The van der Waals surface area contributed by atoms with Crippen molar-refractivity contribution in [2.45, 2.75) is 37.4 Å². The van der Waals surface area contributed by atoms with E-state index in [9.17, 15) is 14.4 Å². The minimum Gasteiger partial charge on any atom is -0.465 e. The van der Waals surface area contributed by atoms with E-state index in [2.05, 4.69) is 26.2 Å². The summed E-state index contributed by atoms with van der Waals surface area (Å²) in [4.78, 5) is 50.1. The zero-order valence-electron chi connectivity index (χ0n) is 23.6. The monoisotopic (exact) mass is 616 g/mol. The van der Waals surface area contributed by atoms with Crippen molar-refractivity contribution in [1.82, 2.24) is 20.3 Å². The van der Waals surface area contributed by atoms with Gasteiger partial charge >= 0.3 is 5.97 Å². The molecule has 1 amide bonds. The normalized spacial score (nSPS) is 11.4. The lowest BCUT2D eigenvalue weighted by Crippen LogP contribution is -2.33. The Morgan fingerprint density at radius 3 is 2.74 bits per heavy atom. The molecule has 10 nitrogen and oxygen atoms in total. The van der Waals surface area contributed by atoms with Gasteiger partial charge in [0.2, 0.25) is 5.95 Å². The van der Waals surface area contributed by atoms with Crippen molar-refractivity contribution >= 4 is 56.0 Å². The number of terminal acetylenes is 1. The Bertz CT molecular complexity index is 1640. The Balaban J connectivity index is 1.23. The number of benzene rings is 2. The molecule has 0 unspecified atom stereocenters. The quantitative estimate of drug-likeness (QED) is 0.0806. The molecule has 4 N–H and O–H groups in total. The van der Waals surface area contributed by atoms with E-state index in [4.69, 9.17) is 16.9 Å². The molecule has 0 spiro atoms. The number of nitrogens with zero attached hydrogens (tertiary/aromatic N) is 3. The highest BCUT2D eigenvalue weighted by Gasteiger charge is 2.14. The fourth-order valence-electron chi connectivity index (χ4n) is 4.17. The van der Waals surface area contributed by atoms with Crippen molar-refractivity contribution in [2.75, 3.05) is 29.5 Å². The second kappa shape index (κ2) is 15.7. The predicted octanol–water partition coefficient (Wildman–Crippen LogP) is 4.42. The fourth-order valence-corrected chi connectivity index (χ4v) is 5.87. The summed E-state index contributed by atoms with van der Waals surface area (Å²) in [5, 5.41) is 4.28. The summed E-state index contributed by atoms with van der Waals surface area (Å²) in [6, 6.07) is 18.0. The van der Waals surface area contributed by atoms with E-state index in [-0.39, 0.29) is 35.8 Å². The number of H-pyrrole nitrogens is 1. The van der Waals surface area contributed by atoms with Crippen LogP contribution in [0.5, 0.6) is 0 Å². The fraction of sp³-hybridized carbons (Fsp3) is 0.258. The first-order valence-corrected chi connectivity index (χ1v) is 15.9. The molecular formula is C31H32N6O4S2. The number of anilines is 2. The van der Waals surface area contributed by atoms with Gasteiger partial charge in [0.15, 0.2) is 0 Å². The summed E-state index contributed by atoms with van der Waals surface area (Å²) in [7, 11) is 3.11. The maximum atomic E-state index is 12.8. The lowest BCUT2D eigenvalue weighted by molar-refractivity contribution is -0.143. The number of esters is 1. The number of carbonyl (C=O) groups is 2. The highest BCUT2D eigenvalue weighted by molar-refractivity contribution is 8.76. The maximum absolute atomic E-state index is 12.8. The topological polar surface area (TPSA) is 143 Å². The molecule has 4 aromatic rings. The van der Waals surface area contributed by atoms with Crippen molar-refractivity contribution in [3.63, 3.8) is 0 Å². The van der Waals surface area contributed by atoms with Gasteiger partial charge in [0.05, 0.1) is 17.4 Å². The lowest BCUT2D eigenvalue weighted by atomic mass is 10.1. The number of hydrogen-bond donors (Lipinski definition) is 3. The molecule has 0 aliphatic heterocycles. The minimum atomic E-state index is -0.305. The van der Waals surface area contributed by atoms with Crippen molar-refractivity contribution in [3.8, 4) is 12.3 Å². The first kappa shape index (κ1) is 31.5. The number of nitrogen functional groups attached to an aromatic ring is 1. The van der Waals surface area contributed by atoms with Crippen molar-refractivity contribution in [1.29, 1.82) is 0 Å². The van der Waals surface area contributed by atoms with E-state index in [1.54, 1.807) is 41.3 Å². The molecule has 12 heteroatoms. The molecular weight excluding hydrogens is 585 g/mol. The van der Waals surface area contributed by atoms with Gasteiger partial charge in [0.1, 0.15) is 11.6 Å². The number of rotatable bonds is 14. The second-order valence-corrected chi connectivity index (χ2v) is 12.1. The summed E-state index contributed by atoms with van der Waals surface area (Å²) in [6.45, 7) is 2.95. The van der Waals surface area contributed by atoms with Gasteiger partial charge in [-0.2, -0.15) is 0 Å².